The lowest BCUT2D eigenvalue weighted by Crippen LogP contribution is -2.32. The number of sulfonamides is 1. The van der Waals surface area contributed by atoms with E-state index in [-0.39, 0.29) is 25.4 Å². The van der Waals surface area contributed by atoms with E-state index in [1.807, 2.05) is 44.2 Å². The molecule has 0 atom stereocenters. The lowest BCUT2D eigenvalue weighted by Gasteiger charge is -2.20. The van der Waals surface area contributed by atoms with Gasteiger partial charge in [-0.25, -0.2) is 8.42 Å². The van der Waals surface area contributed by atoms with Gasteiger partial charge in [-0.15, -0.1) is 0 Å². The maximum Gasteiger partial charge on any atom is 0.225 e. The molecule has 0 unspecified atom stereocenters. The first kappa shape index (κ1) is 20.4. The minimum Gasteiger partial charge on any atom is -0.326 e. The lowest BCUT2D eigenvalue weighted by atomic mass is 10.1. The Hall–Kier alpha value is -1.89. The SMILES string of the molecule is Cc1cccc(CN(CCC(=O)Nc2cc(Cl)ccc2C)S(C)(=O)=O)c1. The molecule has 2 aromatic carbocycles. The molecule has 0 fully saturated rings. The number of anilines is 1. The van der Waals surface area contributed by atoms with Crippen molar-refractivity contribution in [1.29, 1.82) is 0 Å². The number of hydrogen-bond acceptors (Lipinski definition) is 3. The van der Waals surface area contributed by atoms with Crippen LogP contribution in [0.5, 0.6) is 0 Å². The molecule has 0 aliphatic rings. The molecule has 0 aromatic heterocycles. The third kappa shape index (κ3) is 6.12. The highest BCUT2D eigenvalue weighted by Gasteiger charge is 2.18. The molecule has 0 bridgehead atoms. The highest BCUT2D eigenvalue weighted by atomic mass is 35.5. The number of amides is 1. The van der Waals surface area contributed by atoms with Crippen molar-refractivity contribution in [2.24, 2.45) is 0 Å². The molecule has 0 aliphatic heterocycles. The second-order valence-corrected chi connectivity index (χ2v) is 8.76. The van der Waals surface area contributed by atoms with E-state index in [2.05, 4.69) is 5.32 Å². The first-order valence-corrected chi connectivity index (χ1v) is 10.4. The van der Waals surface area contributed by atoms with Gasteiger partial charge in [-0.1, -0.05) is 47.5 Å². The van der Waals surface area contributed by atoms with Crippen molar-refractivity contribution in [1.82, 2.24) is 4.31 Å². The first-order chi connectivity index (χ1) is 12.1. The molecule has 7 heteroatoms. The third-order valence-corrected chi connectivity index (χ3v) is 5.46. The van der Waals surface area contributed by atoms with Crippen LogP contribution in [0, 0.1) is 13.8 Å². The minimum absolute atomic E-state index is 0.0604. The normalized spacial score (nSPS) is 11.6. The number of aryl methyl sites for hydroxylation is 2. The van der Waals surface area contributed by atoms with Crippen LogP contribution in [0.25, 0.3) is 0 Å². The molecule has 5 nitrogen and oxygen atoms in total. The number of rotatable bonds is 7. The fourth-order valence-corrected chi connectivity index (χ4v) is 3.52. The fraction of sp³-hybridized carbons (Fsp3) is 0.316. The highest BCUT2D eigenvalue weighted by Crippen LogP contribution is 2.20. The molecule has 0 radical (unpaired) electrons. The van der Waals surface area contributed by atoms with Gasteiger partial charge in [-0.2, -0.15) is 4.31 Å². The van der Waals surface area contributed by atoms with E-state index in [1.165, 1.54) is 4.31 Å². The second-order valence-electron chi connectivity index (χ2n) is 6.34. The van der Waals surface area contributed by atoms with Crippen molar-refractivity contribution in [3.63, 3.8) is 0 Å². The molecule has 140 valence electrons. The van der Waals surface area contributed by atoms with Crippen molar-refractivity contribution >= 4 is 33.2 Å². The third-order valence-electron chi connectivity index (χ3n) is 3.97. The zero-order valence-electron chi connectivity index (χ0n) is 15.1. The Morgan fingerprint density at radius 2 is 1.88 bits per heavy atom. The Balaban J connectivity index is 2.02. The lowest BCUT2D eigenvalue weighted by molar-refractivity contribution is -0.116. The van der Waals surface area contributed by atoms with Crippen LogP contribution in [0.15, 0.2) is 42.5 Å². The van der Waals surface area contributed by atoms with Gasteiger partial charge in [0.2, 0.25) is 15.9 Å². The molecule has 0 spiro atoms. The van der Waals surface area contributed by atoms with E-state index in [4.69, 9.17) is 11.6 Å². The number of benzene rings is 2. The maximum atomic E-state index is 12.2. The molecule has 0 saturated carbocycles. The van der Waals surface area contributed by atoms with E-state index in [0.29, 0.717) is 10.7 Å². The molecular weight excluding hydrogens is 372 g/mol. The van der Waals surface area contributed by atoms with Crippen LogP contribution in [0.2, 0.25) is 5.02 Å². The summed E-state index contributed by atoms with van der Waals surface area (Å²) in [6.07, 6.45) is 1.21. The van der Waals surface area contributed by atoms with Crippen molar-refractivity contribution in [2.45, 2.75) is 26.8 Å². The summed E-state index contributed by atoms with van der Waals surface area (Å²) in [6, 6.07) is 12.9. The molecule has 0 aliphatic carbocycles. The van der Waals surface area contributed by atoms with Crippen molar-refractivity contribution in [2.75, 3.05) is 18.1 Å². The summed E-state index contributed by atoms with van der Waals surface area (Å²) < 4.78 is 25.4. The average molecular weight is 395 g/mol. The molecule has 26 heavy (non-hydrogen) atoms. The molecule has 2 rings (SSSR count). The largest absolute Gasteiger partial charge is 0.326 e. The molecule has 1 N–H and O–H groups in total. The van der Waals surface area contributed by atoms with Gasteiger partial charge in [0.15, 0.2) is 0 Å². The predicted molar refractivity (Wildman–Crippen MR) is 106 cm³/mol. The Morgan fingerprint density at radius 1 is 1.15 bits per heavy atom. The van der Waals surface area contributed by atoms with Gasteiger partial charge in [0.05, 0.1) is 6.26 Å². The van der Waals surface area contributed by atoms with Crippen LogP contribution in [-0.2, 0) is 21.4 Å². The summed E-state index contributed by atoms with van der Waals surface area (Å²) in [7, 11) is -3.43. The number of hydrogen-bond donors (Lipinski definition) is 1. The van der Waals surface area contributed by atoms with E-state index < -0.39 is 10.0 Å². The Bertz CT molecular complexity index is 897. The van der Waals surface area contributed by atoms with Crippen molar-refractivity contribution < 1.29 is 13.2 Å². The van der Waals surface area contributed by atoms with Gasteiger partial charge in [0, 0.05) is 30.2 Å². The van der Waals surface area contributed by atoms with Crippen LogP contribution in [0.3, 0.4) is 0 Å². The molecular formula is C19H23ClN2O3S. The van der Waals surface area contributed by atoms with Crippen LogP contribution >= 0.6 is 11.6 Å². The van der Waals surface area contributed by atoms with Gasteiger partial charge < -0.3 is 5.32 Å². The first-order valence-electron chi connectivity index (χ1n) is 8.22. The van der Waals surface area contributed by atoms with Crippen LogP contribution < -0.4 is 5.32 Å². The second kappa shape index (κ2) is 8.66. The fourth-order valence-electron chi connectivity index (χ4n) is 2.54. The summed E-state index contributed by atoms with van der Waals surface area (Å²) in [6.45, 7) is 4.17. The summed E-state index contributed by atoms with van der Waals surface area (Å²) in [4.78, 5) is 12.2. The Labute approximate surface area is 160 Å². The monoisotopic (exact) mass is 394 g/mol. The van der Waals surface area contributed by atoms with Crippen LogP contribution in [0.1, 0.15) is 23.1 Å². The van der Waals surface area contributed by atoms with Crippen LogP contribution in [-0.4, -0.2) is 31.4 Å². The zero-order chi connectivity index (χ0) is 19.3. The van der Waals surface area contributed by atoms with E-state index in [9.17, 15) is 13.2 Å². The number of carbonyl (C=O) groups excluding carboxylic acids is 1. The maximum absolute atomic E-state index is 12.2. The quantitative estimate of drug-likeness (QED) is 0.777. The number of nitrogens with one attached hydrogen (secondary N) is 1. The summed E-state index contributed by atoms with van der Waals surface area (Å²) in [5.74, 6) is -0.256. The Morgan fingerprint density at radius 3 is 2.54 bits per heavy atom. The predicted octanol–water partition coefficient (Wildman–Crippen LogP) is 3.75. The zero-order valence-corrected chi connectivity index (χ0v) is 16.7. The standard InChI is InChI=1S/C19H23ClN2O3S/c1-14-5-4-6-16(11-14)13-22(26(3,24)25)10-9-19(23)21-18-12-17(20)8-7-15(18)2/h4-8,11-12H,9-10,13H2,1-3H3,(H,21,23). The smallest absolute Gasteiger partial charge is 0.225 e. The highest BCUT2D eigenvalue weighted by molar-refractivity contribution is 7.88. The van der Waals surface area contributed by atoms with Crippen molar-refractivity contribution in [3.8, 4) is 0 Å². The van der Waals surface area contributed by atoms with Gasteiger partial charge in [-0.3, -0.25) is 4.79 Å². The van der Waals surface area contributed by atoms with E-state index >= 15 is 0 Å². The van der Waals surface area contributed by atoms with E-state index in [1.54, 1.807) is 12.1 Å². The van der Waals surface area contributed by atoms with Crippen molar-refractivity contribution in [3.05, 3.63) is 64.2 Å². The molecule has 0 heterocycles. The molecule has 0 saturated heterocycles. The number of nitrogens with zero attached hydrogens (tertiary/aromatic N) is 1. The van der Waals surface area contributed by atoms with Gasteiger partial charge in [0.1, 0.15) is 0 Å². The van der Waals surface area contributed by atoms with Gasteiger partial charge in [0.25, 0.3) is 0 Å². The van der Waals surface area contributed by atoms with Gasteiger partial charge in [-0.05, 0) is 37.1 Å². The summed E-state index contributed by atoms with van der Waals surface area (Å²) in [5, 5.41) is 3.32. The van der Waals surface area contributed by atoms with E-state index in [0.717, 1.165) is 22.9 Å². The summed E-state index contributed by atoms with van der Waals surface area (Å²) in [5.41, 5.74) is 3.47. The number of halogens is 1. The minimum atomic E-state index is -3.43. The Kier molecular flexibility index (Phi) is 6.81. The molecule has 2 aromatic rings. The average Bonchev–Trinajstić information content (AvgIpc) is 2.54. The van der Waals surface area contributed by atoms with Crippen LogP contribution in [0.4, 0.5) is 5.69 Å². The topological polar surface area (TPSA) is 66.5 Å². The molecule has 1 amide bonds. The number of carbonyl (C=O) groups is 1. The van der Waals surface area contributed by atoms with Gasteiger partial charge >= 0.3 is 0 Å². The summed E-state index contributed by atoms with van der Waals surface area (Å²) >= 11 is 5.95.